The first-order valence-electron chi connectivity index (χ1n) is 6.04. The standard InChI is InChI=1S/C13H24O4/c1-6-9-17-13(11-14-5,16-7-2)8-10-15-12(3)4/h12H,6-7,9,11H2,1-5H3. The Hall–Kier alpha value is -0.760. The molecule has 0 saturated carbocycles. The molecule has 0 aliphatic rings. The molecule has 1 atom stereocenters. The summed E-state index contributed by atoms with van der Waals surface area (Å²) in [6, 6.07) is 0. The van der Waals surface area contributed by atoms with Gasteiger partial charge >= 0.3 is 0 Å². The second-order valence-electron chi connectivity index (χ2n) is 3.86. The molecule has 0 spiro atoms. The van der Waals surface area contributed by atoms with E-state index in [0.717, 1.165) is 6.42 Å². The zero-order chi connectivity index (χ0) is 13.1. The van der Waals surface area contributed by atoms with E-state index in [4.69, 9.17) is 18.9 Å². The summed E-state index contributed by atoms with van der Waals surface area (Å²) in [5, 5.41) is 0. The van der Waals surface area contributed by atoms with Crippen LogP contribution in [0.5, 0.6) is 0 Å². The molecule has 0 aliphatic heterocycles. The fourth-order valence-electron chi connectivity index (χ4n) is 1.15. The van der Waals surface area contributed by atoms with Gasteiger partial charge in [-0.1, -0.05) is 6.92 Å². The average molecular weight is 244 g/mol. The lowest BCUT2D eigenvalue weighted by Crippen LogP contribution is -2.39. The van der Waals surface area contributed by atoms with Crippen LogP contribution in [0.25, 0.3) is 0 Å². The highest BCUT2D eigenvalue weighted by molar-refractivity contribution is 5.07. The lowest BCUT2D eigenvalue weighted by molar-refractivity contribution is -0.218. The van der Waals surface area contributed by atoms with E-state index in [-0.39, 0.29) is 12.7 Å². The number of rotatable bonds is 8. The smallest absolute Gasteiger partial charge is 0.261 e. The molecule has 0 aromatic carbocycles. The molecule has 0 N–H and O–H groups in total. The molecular formula is C13H24O4. The van der Waals surface area contributed by atoms with E-state index < -0.39 is 5.79 Å². The maximum Gasteiger partial charge on any atom is 0.261 e. The Morgan fingerprint density at radius 1 is 1.18 bits per heavy atom. The van der Waals surface area contributed by atoms with Crippen LogP contribution in [0.1, 0.15) is 34.1 Å². The molecule has 100 valence electrons. The third-order valence-corrected chi connectivity index (χ3v) is 1.79. The van der Waals surface area contributed by atoms with Crippen LogP contribution >= 0.6 is 0 Å². The van der Waals surface area contributed by atoms with Crippen molar-refractivity contribution in [2.45, 2.75) is 46.0 Å². The van der Waals surface area contributed by atoms with Crippen molar-refractivity contribution in [3.63, 3.8) is 0 Å². The van der Waals surface area contributed by atoms with Gasteiger partial charge < -0.3 is 18.9 Å². The Morgan fingerprint density at radius 3 is 2.35 bits per heavy atom. The fraction of sp³-hybridized carbons (Fsp3) is 0.846. The van der Waals surface area contributed by atoms with Crippen molar-refractivity contribution in [1.82, 2.24) is 0 Å². The molecule has 0 radical (unpaired) electrons. The lowest BCUT2D eigenvalue weighted by Gasteiger charge is -2.27. The third-order valence-electron chi connectivity index (χ3n) is 1.79. The van der Waals surface area contributed by atoms with Crippen molar-refractivity contribution in [2.75, 3.05) is 26.9 Å². The largest absolute Gasteiger partial charge is 0.444 e. The number of methoxy groups -OCH3 is 1. The molecule has 17 heavy (non-hydrogen) atoms. The molecule has 0 aliphatic carbocycles. The molecule has 4 heteroatoms. The van der Waals surface area contributed by atoms with E-state index in [0.29, 0.717) is 13.2 Å². The molecule has 0 rings (SSSR count). The van der Waals surface area contributed by atoms with E-state index in [1.54, 1.807) is 7.11 Å². The molecular weight excluding hydrogens is 220 g/mol. The SMILES string of the molecule is CCCOC(C#COC(C)C)(COC)OCC. The maximum absolute atomic E-state index is 5.64. The summed E-state index contributed by atoms with van der Waals surface area (Å²) in [7, 11) is 1.59. The minimum Gasteiger partial charge on any atom is -0.444 e. The van der Waals surface area contributed by atoms with Crippen molar-refractivity contribution < 1.29 is 18.9 Å². The van der Waals surface area contributed by atoms with Gasteiger partial charge in [-0.25, -0.2) is 0 Å². The van der Waals surface area contributed by atoms with Gasteiger partial charge in [0.1, 0.15) is 18.8 Å². The summed E-state index contributed by atoms with van der Waals surface area (Å²) in [5.41, 5.74) is 0. The lowest BCUT2D eigenvalue weighted by atomic mass is 10.3. The second-order valence-corrected chi connectivity index (χ2v) is 3.86. The zero-order valence-electron chi connectivity index (χ0n) is 11.5. The Balaban J connectivity index is 4.66. The van der Waals surface area contributed by atoms with Crippen LogP contribution in [-0.4, -0.2) is 38.8 Å². The zero-order valence-corrected chi connectivity index (χ0v) is 11.5. The van der Waals surface area contributed by atoms with Gasteiger partial charge in [-0.2, -0.15) is 0 Å². The molecule has 0 fully saturated rings. The van der Waals surface area contributed by atoms with E-state index in [1.165, 1.54) is 0 Å². The minimum atomic E-state index is -1.02. The summed E-state index contributed by atoms with van der Waals surface area (Å²) >= 11 is 0. The topological polar surface area (TPSA) is 36.9 Å². The normalized spacial score (nSPS) is 14.0. The fourth-order valence-corrected chi connectivity index (χ4v) is 1.15. The summed E-state index contributed by atoms with van der Waals surface area (Å²) in [6.07, 6.45) is 3.57. The van der Waals surface area contributed by atoms with Crippen molar-refractivity contribution >= 4 is 0 Å². The quantitative estimate of drug-likeness (QED) is 0.484. The molecule has 1 unspecified atom stereocenters. The van der Waals surface area contributed by atoms with E-state index in [2.05, 4.69) is 12.0 Å². The molecule has 4 nitrogen and oxygen atoms in total. The molecule has 0 aromatic heterocycles. The summed E-state index contributed by atoms with van der Waals surface area (Å²) < 4.78 is 21.5. The molecule has 0 heterocycles. The highest BCUT2D eigenvalue weighted by atomic mass is 16.7. The Labute approximate surface area is 105 Å². The maximum atomic E-state index is 5.64. The molecule has 0 amide bonds. The first-order valence-corrected chi connectivity index (χ1v) is 6.04. The van der Waals surface area contributed by atoms with Crippen LogP contribution in [0, 0.1) is 12.0 Å². The van der Waals surface area contributed by atoms with Gasteiger partial charge in [0.2, 0.25) is 0 Å². The Kier molecular flexibility index (Phi) is 8.87. The van der Waals surface area contributed by atoms with Crippen molar-refractivity contribution in [2.24, 2.45) is 0 Å². The van der Waals surface area contributed by atoms with E-state index >= 15 is 0 Å². The van der Waals surface area contributed by atoms with Crippen molar-refractivity contribution in [1.29, 1.82) is 0 Å². The highest BCUT2D eigenvalue weighted by Crippen LogP contribution is 2.13. The Morgan fingerprint density at radius 2 is 1.88 bits per heavy atom. The number of hydrogen-bond donors (Lipinski definition) is 0. The highest BCUT2D eigenvalue weighted by Gasteiger charge is 2.30. The van der Waals surface area contributed by atoms with Crippen molar-refractivity contribution in [3.8, 4) is 12.0 Å². The van der Waals surface area contributed by atoms with Gasteiger partial charge in [0.05, 0.1) is 6.61 Å². The average Bonchev–Trinajstić information content (AvgIpc) is 2.26. The van der Waals surface area contributed by atoms with Crippen LogP contribution in [-0.2, 0) is 18.9 Å². The number of hydrogen-bond acceptors (Lipinski definition) is 4. The molecule has 0 saturated heterocycles. The van der Waals surface area contributed by atoms with Gasteiger partial charge in [0, 0.05) is 19.6 Å². The molecule has 0 aromatic rings. The summed E-state index contributed by atoms with van der Waals surface area (Å²) in [6.45, 7) is 9.09. The van der Waals surface area contributed by atoms with Crippen LogP contribution in [0.4, 0.5) is 0 Å². The predicted molar refractivity (Wildman–Crippen MR) is 66.5 cm³/mol. The van der Waals surface area contributed by atoms with Crippen LogP contribution in [0.2, 0.25) is 0 Å². The van der Waals surface area contributed by atoms with Crippen LogP contribution in [0.15, 0.2) is 0 Å². The predicted octanol–water partition coefficient (Wildman–Crippen LogP) is 2.18. The van der Waals surface area contributed by atoms with E-state index in [9.17, 15) is 0 Å². The third kappa shape index (κ3) is 7.22. The number of ether oxygens (including phenoxy) is 4. The summed E-state index contributed by atoms with van der Waals surface area (Å²) in [4.78, 5) is 0. The van der Waals surface area contributed by atoms with Gasteiger partial charge in [-0.3, -0.25) is 0 Å². The van der Waals surface area contributed by atoms with Gasteiger partial charge in [-0.15, -0.1) is 0 Å². The Bertz CT molecular complexity index is 234. The van der Waals surface area contributed by atoms with Gasteiger partial charge in [0.15, 0.2) is 0 Å². The monoisotopic (exact) mass is 244 g/mol. The summed E-state index contributed by atoms with van der Waals surface area (Å²) in [5.74, 6) is 1.84. The van der Waals surface area contributed by atoms with Crippen LogP contribution in [0.3, 0.4) is 0 Å². The van der Waals surface area contributed by atoms with Gasteiger partial charge in [-0.05, 0) is 27.2 Å². The minimum absolute atomic E-state index is 0.0514. The van der Waals surface area contributed by atoms with Crippen molar-refractivity contribution in [3.05, 3.63) is 0 Å². The van der Waals surface area contributed by atoms with E-state index in [1.807, 2.05) is 27.7 Å². The van der Waals surface area contributed by atoms with Gasteiger partial charge in [0.25, 0.3) is 5.79 Å². The molecule has 0 bridgehead atoms. The second kappa shape index (κ2) is 9.29. The first kappa shape index (κ1) is 16.2. The first-order chi connectivity index (χ1) is 8.10. The van der Waals surface area contributed by atoms with Crippen LogP contribution < -0.4 is 0 Å².